The van der Waals surface area contributed by atoms with Crippen LogP contribution in [0.25, 0.3) is 0 Å². The van der Waals surface area contributed by atoms with Gasteiger partial charge in [0.1, 0.15) is 5.82 Å². The van der Waals surface area contributed by atoms with E-state index in [-0.39, 0.29) is 0 Å². The van der Waals surface area contributed by atoms with Crippen LogP contribution in [-0.4, -0.2) is 30.2 Å². The van der Waals surface area contributed by atoms with Crippen LogP contribution < -0.4 is 10.6 Å². The third kappa shape index (κ3) is 4.39. The summed E-state index contributed by atoms with van der Waals surface area (Å²) < 4.78 is 4.97. The van der Waals surface area contributed by atoms with Crippen LogP contribution in [0.15, 0.2) is 36.5 Å². The van der Waals surface area contributed by atoms with Crippen LogP contribution in [0.4, 0.5) is 17.5 Å². The van der Waals surface area contributed by atoms with E-state index in [9.17, 15) is 0 Å². The van der Waals surface area contributed by atoms with Gasteiger partial charge in [-0.2, -0.15) is 4.98 Å². The average molecular weight is 279 g/mol. The Hall–Kier alpha value is -1.85. The van der Waals surface area contributed by atoms with E-state index >= 15 is 0 Å². The highest BCUT2D eigenvalue weighted by molar-refractivity contribution is 6.30. The summed E-state index contributed by atoms with van der Waals surface area (Å²) in [5.41, 5.74) is 0.887. The summed E-state index contributed by atoms with van der Waals surface area (Å²) in [6.07, 6.45) is 1.69. The van der Waals surface area contributed by atoms with Gasteiger partial charge in [0.25, 0.3) is 0 Å². The van der Waals surface area contributed by atoms with Crippen molar-refractivity contribution >= 4 is 29.1 Å². The molecule has 0 amide bonds. The summed E-state index contributed by atoms with van der Waals surface area (Å²) in [7, 11) is 1.66. The maximum absolute atomic E-state index is 5.83. The summed E-state index contributed by atoms with van der Waals surface area (Å²) in [5.74, 6) is 1.29. The monoisotopic (exact) mass is 278 g/mol. The van der Waals surface area contributed by atoms with Gasteiger partial charge in [-0.1, -0.05) is 11.6 Å². The van der Waals surface area contributed by atoms with Crippen molar-refractivity contribution in [3.63, 3.8) is 0 Å². The highest BCUT2D eigenvalue weighted by atomic mass is 35.5. The molecule has 1 aromatic carbocycles. The molecule has 0 saturated carbocycles. The topological polar surface area (TPSA) is 59.1 Å². The molecule has 0 fully saturated rings. The van der Waals surface area contributed by atoms with E-state index in [1.54, 1.807) is 13.3 Å². The maximum atomic E-state index is 5.83. The second kappa shape index (κ2) is 6.92. The third-order valence-corrected chi connectivity index (χ3v) is 2.62. The molecule has 0 spiro atoms. The van der Waals surface area contributed by atoms with Gasteiger partial charge in [0, 0.05) is 30.6 Å². The van der Waals surface area contributed by atoms with Crippen molar-refractivity contribution in [1.29, 1.82) is 0 Å². The fourth-order valence-electron chi connectivity index (χ4n) is 1.46. The fourth-order valence-corrected chi connectivity index (χ4v) is 1.59. The quantitative estimate of drug-likeness (QED) is 0.796. The maximum Gasteiger partial charge on any atom is 0.229 e. The molecule has 1 heterocycles. The van der Waals surface area contributed by atoms with Gasteiger partial charge in [0.2, 0.25) is 5.95 Å². The number of hydrogen-bond acceptors (Lipinski definition) is 5. The molecule has 0 bridgehead atoms. The van der Waals surface area contributed by atoms with Gasteiger partial charge < -0.3 is 15.4 Å². The summed E-state index contributed by atoms with van der Waals surface area (Å²) in [6, 6.07) is 9.17. The lowest BCUT2D eigenvalue weighted by Crippen LogP contribution is -2.09. The molecule has 2 aromatic rings. The first kappa shape index (κ1) is 13.6. The highest BCUT2D eigenvalue weighted by Crippen LogP contribution is 2.17. The molecule has 2 rings (SSSR count). The second-order valence-electron chi connectivity index (χ2n) is 3.82. The van der Waals surface area contributed by atoms with Crippen molar-refractivity contribution in [2.75, 3.05) is 30.9 Å². The van der Waals surface area contributed by atoms with Crippen molar-refractivity contribution in [3.8, 4) is 0 Å². The van der Waals surface area contributed by atoms with Crippen molar-refractivity contribution in [2.45, 2.75) is 0 Å². The summed E-state index contributed by atoms with van der Waals surface area (Å²) >= 11 is 5.83. The third-order valence-electron chi connectivity index (χ3n) is 2.37. The van der Waals surface area contributed by atoms with Crippen LogP contribution in [0.5, 0.6) is 0 Å². The Morgan fingerprint density at radius 2 is 2.00 bits per heavy atom. The van der Waals surface area contributed by atoms with E-state index in [0.717, 1.165) is 11.5 Å². The molecule has 100 valence electrons. The number of nitrogens with zero attached hydrogens (tertiary/aromatic N) is 2. The number of ether oxygens (including phenoxy) is 1. The Kier molecular flexibility index (Phi) is 4.94. The van der Waals surface area contributed by atoms with E-state index in [1.807, 2.05) is 30.3 Å². The lowest BCUT2D eigenvalue weighted by molar-refractivity contribution is 0.210. The molecule has 5 nitrogen and oxygen atoms in total. The number of anilines is 3. The Labute approximate surface area is 117 Å². The molecule has 0 atom stereocenters. The second-order valence-corrected chi connectivity index (χ2v) is 4.25. The fraction of sp³-hybridized carbons (Fsp3) is 0.231. The number of nitrogens with one attached hydrogen (secondary N) is 2. The predicted octanol–water partition coefficient (Wildman–Crippen LogP) is 2.93. The van der Waals surface area contributed by atoms with Crippen LogP contribution in [-0.2, 0) is 4.74 Å². The van der Waals surface area contributed by atoms with Crippen LogP contribution in [0.3, 0.4) is 0 Å². The molecule has 0 unspecified atom stereocenters. The normalized spacial score (nSPS) is 10.2. The molecule has 0 aliphatic carbocycles. The number of benzene rings is 1. The van der Waals surface area contributed by atoms with Crippen molar-refractivity contribution in [1.82, 2.24) is 9.97 Å². The zero-order valence-corrected chi connectivity index (χ0v) is 11.3. The minimum absolute atomic E-state index is 0.532. The molecular formula is C13H15ClN4O. The zero-order valence-electron chi connectivity index (χ0n) is 10.6. The standard InChI is InChI=1S/C13H15ClN4O/c1-19-9-8-15-12-6-7-16-13(18-12)17-11-4-2-10(14)3-5-11/h2-7H,8-9H2,1H3,(H2,15,16,17,18). The number of halogens is 1. The lowest BCUT2D eigenvalue weighted by atomic mass is 10.3. The van der Waals surface area contributed by atoms with Crippen molar-refractivity contribution in [3.05, 3.63) is 41.6 Å². The first-order valence-corrected chi connectivity index (χ1v) is 6.24. The molecule has 19 heavy (non-hydrogen) atoms. The first-order valence-electron chi connectivity index (χ1n) is 5.86. The van der Waals surface area contributed by atoms with E-state index in [1.165, 1.54) is 0 Å². The van der Waals surface area contributed by atoms with Crippen LogP contribution in [0, 0.1) is 0 Å². The van der Waals surface area contributed by atoms with E-state index < -0.39 is 0 Å². The van der Waals surface area contributed by atoms with E-state index in [4.69, 9.17) is 16.3 Å². The minimum Gasteiger partial charge on any atom is -0.383 e. The Morgan fingerprint density at radius 3 is 2.74 bits per heavy atom. The molecule has 0 aliphatic rings. The van der Waals surface area contributed by atoms with Gasteiger partial charge >= 0.3 is 0 Å². The molecular weight excluding hydrogens is 264 g/mol. The molecule has 1 aromatic heterocycles. The van der Waals surface area contributed by atoms with Gasteiger partial charge in [0.05, 0.1) is 6.61 Å². The van der Waals surface area contributed by atoms with Crippen molar-refractivity contribution in [2.24, 2.45) is 0 Å². The molecule has 0 radical (unpaired) electrons. The van der Waals surface area contributed by atoms with Gasteiger partial charge in [-0.3, -0.25) is 0 Å². The summed E-state index contributed by atoms with van der Waals surface area (Å²) in [5, 5.41) is 6.95. The number of aromatic nitrogens is 2. The van der Waals surface area contributed by atoms with E-state index in [2.05, 4.69) is 20.6 Å². The summed E-state index contributed by atoms with van der Waals surface area (Å²) in [6.45, 7) is 1.33. The molecule has 0 aliphatic heterocycles. The van der Waals surface area contributed by atoms with Crippen LogP contribution in [0.2, 0.25) is 5.02 Å². The Balaban J connectivity index is 2.00. The summed E-state index contributed by atoms with van der Waals surface area (Å²) in [4.78, 5) is 8.50. The van der Waals surface area contributed by atoms with Crippen LogP contribution >= 0.6 is 11.6 Å². The average Bonchev–Trinajstić information content (AvgIpc) is 2.42. The van der Waals surface area contributed by atoms with Crippen LogP contribution in [0.1, 0.15) is 0 Å². The van der Waals surface area contributed by atoms with Gasteiger partial charge in [-0.25, -0.2) is 4.98 Å². The van der Waals surface area contributed by atoms with Gasteiger partial charge in [-0.15, -0.1) is 0 Å². The first-order chi connectivity index (χ1) is 9.28. The molecule has 2 N–H and O–H groups in total. The predicted molar refractivity (Wildman–Crippen MR) is 77.1 cm³/mol. The highest BCUT2D eigenvalue weighted by Gasteiger charge is 2.00. The smallest absolute Gasteiger partial charge is 0.229 e. The van der Waals surface area contributed by atoms with E-state index in [0.29, 0.717) is 24.1 Å². The number of hydrogen-bond donors (Lipinski definition) is 2. The van der Waals surface area contributed by atoms with Gasteiger partial charge in [-0.05, 0) is 30.3 Å². The molecule has 6 heteroatoms. The Bertz CT molecular complexity index is 518. The number of rotatable bonds is 6. The molecule has 0 saturated heterocycles. The minimum atomic E-state index is 0.532. The lowest BCUT2D eigenvalue weighted by Gasteiger charge is -2.08. The number of methoxy groups -OCH3 is 1. The van der Waals surface area contributed by atoms with Crippen molar-refractivity contribution < 1.29 is 4.74 Å². The zero-order chi connectivity index (χ0) is 13.5. The Morgan fingerprint density at radius 1 is 1.21 bits per heavy atom. The largest absolute Gasteiger partial charge is 0.383 e. The van der Waals surface area contributed by atoms with Gasteiger partial charge in [0.15, 0.2) is 0 Å². The SMILES string of the molecule is COCCNc1ccnc(Nc2ccc(Cl)cc2)n1.